The SMILES string of the molecule is Cc1ccc(-c2ncc(C(=O)NC(C)c3ccccc3)c(N(C)Cc3ccccc3)n2)cc1. The van der Waals surface area contributed by atoms with Crippen LogP contribution in [0, 0.1) is 6.92 Å². The van der Waals surface area contributed by atoms with Gasteiger partial charge in [0.1, 0.15) is 11.4 Å². The Balaban J connectivity index is 1.67. The van der Waals surface area contributed by atoms with Crippen LogP contribution < -0.4 is 10.2 Å². The molecule has 0 aliphatic carbocycles. The number of carbonyl (C=O) groups excluding carboxylic acids is 1. The predicted octanol–water partition coefficient (Wildman–Crippen LogP) is 5.58. The van der Waals surface area contributed by atoms with Crippen molar-refractivity contribution in [2.45, 2.75) is 26.4 Å². The summed E-state index contributed by atoms with van der Waals surface area (Å²) in [6.45, 7) is 4.65. The molecule has 5 heteroatoms. The van der Waals surface area contributed by atoms with Crippen LogP contribution in [0.3, 0.4) is 0 Å². The van der Waals surface area contributed by atoms with Gasteiger partial charge in [-0.25, -0.2) is 9.97 Å². The lowest BCUT2D eigenvalue weighted by molar-refractivity contribution is 0.0939. The van der Waals surface area contributed by atoms with E-state index in [1.807, 2.05) is 98.6 Å². The molecule has 5 nitrogen and oxygen atoms in total. The van der Waals surface area contributed by atoms with Gasteiger partial charge in [-0.15, -0.1) is 0 Å². The van der Waals surface area contributed by atoms with Gasteiger partial charge in [-0.05, 0) is 25.0 Å². The molecule has 4 aromatic rings. The third kappa shape index (κ3) is 5.44. The summed E-state index contributed by atoms with van der Waals surface area (Å²) in [6, 6.07) is 28.0. The minimum absolute atomic E-state index is 0.136. The summed E-state index contributed by atoms with van der Waals surface area (Å²) in [5.41, 5.74) is 4.72. The van der Waals surface area contributed by atoms with Gasteiger partial charge in [-0.3, -0.25) is 4.79 Å². The number of rotatable bonds is 7. The number of hydrogen-bond acceptors (Lipinski definition) is 4. The van der Waals surface area contributed by atoms with Crippen LogP contribution in [0.4, 0.5) is 5.82 Å². The maximum Gasteiger partial charge on any atom is 0.257 e. The Morgan fingerprint density at radius 2 is 1.58 bits per heavy atom. The van der Waals surface area contributed by atoms with Gasteiger partial charge >= 0.3 is 0 Å². The Labute approximate surface area is 195 Å². The summed E-state index contributed by atoms with van der Waals surface area (Å²) in [6.07, 6.45) is 1.63. The second-order valence-corrected chi connectivity index (χ2v) is 8.24. The van der Waals surface area contributed by atoms with Crippen molar-refractivity contribution < 1.29 is 4.79 Å². The Morgan fingerprint density at radius 1 is 0.939 bits per heavy atom. The number of amides is 1. The Morgan fingerprint density at radius 3 is 2.24 bits per heavy atom. The molecule has 0 radical (unpaired) electrons. The average molecular weight is 437 g/mol. The number of nitrogens with one attached hydrogen (secondary N) is 1. The minimum Gasteiger partial charge on any atom is -0.355 e. The molecular weight excluding hydrogens is 408 g/mol. The van der Waals surface area contributed by atoms with Crippen molar-refractivity contribution in [1.82, 2.24) is 15.3 Å². The summed E-state index contributed by atoms with van der Waals surface area (Å²) < 4.78 is 0. The number of hydrogen-bond donors (Lipinski definition) is 1. The summed E-state index contributed by atoms with van der Waals surface area (Å²) in [5, 5.41) is 3.09. The van der Waals surface area contributed by atoms with E-state index in [1.54, 1.807) is 6.20 Å². The first-order chi connectivity index (χ1) is 16.0. The average Bonchev–Trinajstić information content (AvgIpc) is 2.85. The predicted molar refractivity (Wildman–Crippen MR) is 133 cm³/mol. The molecule has 1 amide bonds. The third-order valence-electron chi connectivity index (χ3n) is 5.59. The quantitative estimate of drug-likeness (QED) is 0.411. The zero-order valence-electron chi connectivity index (χ0n) is 19.2. The van der Waals surface area contributed by atoms with E-state index < -0.39 is 0 Å². The van der Waals surface area contributed by atoms with E-state index in [-0.39, 0.29) is 11.9 Å². The lowest BCUT2D eigenvalue weighted by atomic mass is 10.1. The zero-order valence-corrected chi connectivity index (χ0v) is 19.2. The molecule has 0 aliphatic heterocycles. The fraction of sp³-hybridized carbons (Fsp3) is 0.179. The van der Waals surface area contributed by atoms with Gasteiger partial charge in [0.05, 0.1) is 6.04 Å². The molecule has 0 spiro atoms. The molecular formula is C28H28N4O. The molecule has 1 atom stereocenters. The number of benzene rings is 3. The smallest absolute Gasteiger partial charge is 0.257 e. The van der Waals surface area contributed by atoms with Crippen molar-refractivity contribution in [1.29, 1.82) is 0 Å². The maximum atomic E-state index is 13.3. The van der Waals surface area contributed by atoms with Gasteiger partial charge in [-0.2, -0.15) is 0 Å². The summed E-state index contributed by atoms with van der Waals surface area (Å²) in [4.78, 5) is 24.6. The van der Waals surface area contributed by atoms with Crippen LogP contribution in [0.2, 0.25) is 0 Å². The molecule has 166 valence electrons. The number of aromatic nitrogens is 2. The van der Waals surface area contributed by atoms with Gasteiger partial charge in [0.15, 0.2) is 5.82 Å². The fourth-order valence-electron chi connectivity index (χ4n) is 3.70. The first-order valence-corrected chi connectivity index (χ1v) is 11.1. The Bertz CT molecular complexity index is 1210. The van der Waals surface area contributed by atoms with E-state index in [0.29, 0.717) is 23.8 Å². The topological polar surface area (TPSA) is 58.1 Å². The highest BCUT2D eigenvalue weighted by molar-refractivity contribution is 5.99. The van der Waals surface area contributed by atoms with Crippen molar-refractivity contribution in [3.63, 3.8) is 0 Å². The standard InChI is InChI=1S/C28H28N4O/c1-20-14-16-24(17-15-20)26-29-18-25(28(33)30-21(2)23-12-8-5-9-13-23)27(31-26)32(3)19-22-10-6-4-7-11-22/h4-18,21H,19H2,1-3H3,(H,30,33). The second kappa shape index (κ2) is 10.1. The highest BCUT2D eigenvalue weighted by Crippen LogP contribution is 2.24. The lowest BCUT2D eigenvalue weighted by Crippen LogP contribution is -2.30. The van der Waals surface area contributed by atoms with E-state index in [1.165, 1.54) is 5.56 Å². The van der Waals surface area contributed by atoms with Crippen LogP contribution >= 0.6 is 0 Å². The van der Waals surface area contributed by atoms with E-state index in [9.17, 15) is 4.79 Å². The summed E-state index contributed by atoms with van der Waals surface area (Å²) >= 11 is 0. The van der Waals surface area contributed by atoms with Crippen molar-refractivity contribution in [3.05, 3.63) is 113 Å². The lowest BCUT2D eigenvalue weighted by Gasteiger charge is -2.22. The molecule has 0 saturated carbocycles. The summed E-state index contributed by atoms with van der Waals surface area (Å²) in [7, 11) is 1.95. The molecule has 1 unspecified atom stereocenters. The van der Waals surface area contributed by atoms with Crippen molar-refractivity contribution in [2.75, 3.05) is 11.9 Å². The van der Waals surface area contributed by atoms with Crippen LogP contribution in [0.5, 0.6) is 0 Å². The molecule has 0 aliphatic rings. The van der Waals surface area contributed by atoms with Crippen LogP contribution in [0.15, 0.2) is 91.1 Å². The van der Waals surface area contributed by atoms with Gasteiger partial charge in [0.25, 0.3) is 5.91 Å². The molecule has 1 aromatic heterocycles. The van der Waals surface area contributed by atoms with Gasteiger partial charge in [0, 0.05) is 25.4 Å². The molecule has 0 saturated heterocycles. The van der Waals surface area contributed by atoms with Gasteiger partial charge in [-0.1, -0.05) is 90.5 Å². The van der Waals surface area contributed by atoms with Gasteiger partial charge < -0.3 is 10.2 Å². The van der Waals surface area contributed by atoms with Gasteiger partial charge in [0.2, 0.25) is 0 Å². The number of carbonyl (C=O) groups is 1. The highest BCUT2D eigenvalue weighted by atomic mass is 16.1. The van der Waals surface area contributed by atoms with Crippen molar-refractivity contribution in [2.24, 2.45) is 0 Å². The first kappa shape index (κ1) is 22.2. The van der Waals surface area contributed by atoms with Crippen LogP contribution in [0.25, 0.3) is 11.4 Å². The largest absolute Gasteiger partial charge is 0.355 e. The first-order valence-electron chi connectivity index (χ1n) is 11.1. The number of anilines is 1. The van der Waals surface area contributed by atoms with Crippen molar-refractivity contribution >= 4 is 11.7 Å². The zero-order chi connectivity index (χ0) is 23.2. The molecule has 0 bridgehead atoms. The molecule has 0 fully saturated rings. The van der Waals surface area contributed by atoms with Crippen molar-refractivity contribution in [3.8, 4) is 11.4 Å². The Hall–Kier alpha value is -3.99. The Kier molecular flexibility index (Phi) is 6.79. The highest BCUT2D eigenvalue weighted by Gasteiger charge is 2.20. The molecule has 1 N–H and O–H groups in total. The van der Waals surface area contributed by atoms with Crippen LogP contribution in [-0.2, 0) is 6.54 Å². The van der Waals surface area contributed by atoms with E-state index in [4.69, 9.17) is 4.98 Å². The summed E-state index contributed by atoms with van der Waals surface area (Å²) in [5.74, 6) is 0.997. The molecule has 4 rings (SSSR count). The van der Waals surface area contributed by atoms with E-state index >= 15 is 0 Å². The molecule has 3 aromatic carbocycles. The van der Waals surface area contributed by atoms with E-state index in [2.05, 4.69) is 22.4 Å². The molecule has 1 heterocycles. The maximum absolute atomic E-state index is 13.3. The van der Waals surface area contributed by atoms with E-state index in [0.717, 1.165) is 16.7 Å². The second-order valence-electron chi connectivity index (χ2n) is 8.24. The monoisotopic (exact) mass is 436 g/mol. The normalized spacial score (nSPS) is 11.6. The van der Waals surface area contributed by atoms with Crippen LogP contribution in [-0.4, -0.2) is 22.9 Å². The minimum atomic E-state index is -0.197. The van der Waals surface area contributed by atoms with Crippen LogP contribution in [0.1, 0.15) is 40.0 Å². The fourth-order valence-corrected chi connectivity index (χ4v) is 3.70. The third-order valence-corrected chi connectivity index (χ3v) is 5.59. The molecule has 33 heavy (non-hydrogen) atoms. The number of aryl methyl sites for hydroxylation is 1. The number of nitrogens with zero attached hydrogens (tertiary/aromatic N) is 3.